The number of halogens is 1. The van der Waals surface area contributed by atoms with Crippen molar-refractivity contribution in [2.75, 3.05) is 16.8 Å². The van der Waals surface area contributed by atoms with Gasteiger partial charge in [0.1, 0.15) is 16.4 Å². The lowest BCUT2D eigenvalue weighted by Crippen LogP contribution is -2.32. The van der Waals surface area contributed by atoms with Crippen LogP contribution in [0.25, 0.3) is 0 Å². The number of benzene rings is 3. The van der Waals surface area contributed by atoms with Gasteiger partial charge in [0.05, 0.1) is 23.5 Å². The second-order valence-electron chi connectivity index (χ2n) is 7.44. The summed E-state index contributed by atoms with van der Waals surface area (Å²) in [6, 6.07) is 19.4. The van der Waals surface area contributed by atoms with Gasteiger partial charge in [-0.3, -0.25) is 9.59 Å². The van der Waals surface area contributed by atoms with E-state index in [4.69, 9.17) is 4.74 Å². The van der Waals surface area contributed by atoms with Crippen LogP contribution in [0.1, 0.15) is 22.8 Å². The predicted octanol–water partition coefficient (Wildman–Crippen LogP) is 5.30. The number of anilines is 2. The zero-order valence-electron chi connectivity index (χ0n) is 18.5. The number of esters is 1. The summed E-state index contributed by atoms with van der Waals surface area (Å²) in [6.45, 7) is 3.89. The molecule has 0 fully saturated rings. The number of hydrogen-bond acceptors (Lipinski definition) is 6. The second kappa shape index (κ2) is 9.93. The summed E-state index contributed by atoms with van der Waals surface area (Å²) >= 11 is 1.13. The molecule has 2 amide bonds. The number of thioether (sulfide) groups is 1. The molecule has 0 saturated carbocycles. The quantitative estimate of drug-likeness (QED) is 0.368. The Kier molecular flexibility index (Phi) is 6.79. The maximum atomic E-state index is 14.3. The lowest BCUT2D eigenvalue weighted by Gasteiger charge is -2.16. The molecule has 0 radical (unpaired) electrons. The van der Waals surface area contributed by atoms with Crippen LogP contribution in [-0.4, -0.2) is 24.4 Å². The number of imide groups is 1. The van der Waals surface area contributed by atoms with Crippen molar-refractivity contribution in [3.8, 4) is 0 Å². The Hall–Kier alpha value is -3.91. The third-order valence-electron chi connectivity index (χ3n) is 5.05. The third kappa shape index (κ3) is 4.72. The van der Waals surface area contributed by atoms with E-state index in [0.717, 1.165) is 27.1 Å². The number of nitrogens with one attached hydrogen (secondary N) is 1. The summed E-state index contributed by atoms with van der Waals surface area (Å²) in [4.78, 5) is 40.6. The highest BCUT2D eigenvalue weighted by molar-refractivity contribution is 8.04. The predicted molar refractivity (Wildman–Crippen MR) is 129 cm³/mol. The molecule has 0 unspecified atom stereocenters. The van der Waals surface area contributed by atoms with Crippen LogP contribution in [0.4, 0.5) is 15.8 Å². The first-order valence-corrected chi connectivity index (χ1v) is 11.4. The van der Waals surface area contributed by atoms with Gasteiger partial charge in [0, 0.05) is 4.90 Å². The molecule has 0 saturated heterocycles. The van der Waals surface area contributed by atoms with Crippen molar-refractivity contribution in [2.24, 2.45) is 0 Å². The minimum atomic E-state index is -0.619. The smallest absolute Gasteiger partial charge is 0.338 e. The van der Waals surface area contributed by atoms with Gasteiger partial charge in [0.15, 0.2) is 0 Å². The molecule has 34 heavy (non-hydrogen) atoms. The average Bonchev–Trinajstić information content (AvgIpc) is 3.06. The number of rotatable bonds is 7. The summed E-state index contributed by atoms with van der Waals surface area (Å²) in [5, 5.41) is 2.81. The van der Waals surface area contributed by atoms with Gasteiger partial charge in [-0.15, -0.1) is 0 Å². The fraction of sp³-hybridized carbons (Fsp3) is 0.115. The molecule has 172 valence electrons. The van der Waals surface area contributed by atoms with Gasteiger partial charge >= 0.3 is 5.97 Å². The number of carbonyl (C=O) groups excluding carboxylic acids is 3. The van der Waals surface area contributed by atoms with Gasteiger partial charge in [-0.25, -0.2) is 14.1 Å². The number of hydrogen-bond donors (Lipinski definition) is 1. The molecule has 0 atom stereocenters. The first-order chi connectivity index (χ1) is 16.4. The normalized spacial score (nSPS) is 13.4. The molecule has 0 spiro atoms. The van der Waals surface area contributed by atoms with Crippen molar-refractivity contribution in [1.29, 1.82) is 0 Å². The molecule has 8 heteroatoms. The molecule has 6 nitrogen and oxygen atoms in total. The van der Waals surface area contributed by atoms with E-state index < -0.39 is 23.6 Å². The van der Waals surface area contributed by atoms with Crippen molar-refractivity contribution in [1.82, 2.24) is 0 Å². The Balaban J connectivity index is 1.70. The van der Waals surface area contributed by atoms with E-state index in [0.29, 0.717) is 5.56 Å². The number of amides is 2. The number of ether oxygens (including phenoxy) is 1. The van der Waals surface area contributed by atoms with E-state index in [1.807, 2.05) is 31.2 Å². The van der Waals surface area contributed by atoms with Crippen LogP contribution in [-0.2, 0) is 14.3 Å². The Morgan fingerprint density at radius 3 is 2.29 bits per heavy atom. The first kappa shape index (κ1) is 23.3. The molecule has 4 rings (SSSR count). The fourth-order valence-corrected chi connectivity index (χ4v) is 4.26. The van der Waals surface area contributed by atoms with Gasteiger partial charge in [0.2, 0.25) is 0 Å². The molecular weight excluding hydrogens is 455 g/mol. The number of carbonyl (C=O) groups is 3. The number of para-hydroxylation sites is 1. The van der Waals surface area contributed by atoms with E-state index in [1.54, 1.807) is 13.0 Å². The largest absolute Gasteiger partial charge is 0.462 e. The first-order valence-electron chi connectivity index (χ1n) is 10.6. The highest BCUT2D eigenvalue weighted by atomic mass is 32.2. The fourth-order valence-electron chi connectivity index (χ4n) is 3.33. The molecule has 0 aromatic heterocycles. The lowest BCUT2D eigenvalue weighted by molar-refractivity contribution is -0.120. The Morgan fingerprint density at radius 2 is 1.65 bits per heavy atom. The van der Waals surface area contributed by atoms with Crippen LogP contribution in [0, 0.1) is 12.7 Å². The summed E-state index contributed by atoms with van der Waals surface area (Å²) in [7, 11) is 0. The van der Waals surface area contributed by atoms with Crippen LogP contribution >= 0.6 is 11.8 Å². The molecule has 1 heterocycles. The van der Waals surface area contributed by atoms with Crippen molar-refractivity contribution < 1.29 is 23.5 Å². The molecule has 0 bridgehead atoms. The standard InChI is InChI=1S/C26H21FN2O4S/c1-3-33-26(32)17-10-12-18(13-11-17)29-24(30)22(28-21-7-5-4-6-20(21)27)23(25(29)31)34-19-14-8-16(2)9-15-19/h4-15,28H,3H2,1-2H3. The third-order valence-corrected chi connectivity index (χ3v) is 6.14. The Morgan fingerprint density at radius 1 is 0.971 bits per heavy atom. The molecule has 0 aliphatic carbocycles. The van der Waals surface area contributed by atoms with Crippen LogP contribution in [0.2, 0.25) is 0 Å². The van der Waals surface area contributed by atoms with E-state index in [2.05, 4.69) is 5.32 Å². The van der Waals surface area contributed by atoms with E-state index in [1.165, 1.54) is 42.5 Å². The molecule has 3 aromatic rings. The average molecular weight is 477 g/mol. The van der Waals surface area contributed by atoms with Gasteiger partial charge < -0.3 is 10.1 Å². The maximum Gasteiger partial charge on any atom is 0.338 e. The Labute approximate surface area is 200 Å². The summed E-state index contributed by atoms with van der Waals surface area (Å²) in [6.07, 6.45) is 0. The number of nitrogens with zero attached hydrogens (tertiary/aromatic N) is 1. The topological polar surface area (TPSA) is 75.7 Å². The van der Waals surface area contributed by atoms with Gasteiger partial charge in [0.25, 0.3) is 11.8 Å². The SMILES string of the molecule is CCOC(=O)c1ccc(N2C(=O)C(Nc3ccccc3F)=C(Sc3ccc(C)cc3)C2=O)cc1. The van der Waals surface area contributed by atoms with Crippen molar-refractivity contribution in [3.05, 3.63) is 100 Å². The minimum absolute atomic E-state index is 0.0184. The van der Waals surface area contributed by atoms with Gasteiger partial charge in [-0.1, -0.05) is 41.6 Å². The van der Waals surface area contributed by atoms with Crippen LogP contribution in [0.5, 0.6) is 0 Å². The van der Waals surface area contributed by atoms with Gasteiger partial charge in [-0.05, 0) is 62.4 Å². The van der Waals surface area contributed by atoms with E-state index in [9.17, 15) is 18.8 Å². The lowest BCUT2D eigenvalue weighted by atomic mass is 10.2. The number of aryl methyl sites for hydroxylation is 1. The van der Waals surface area contributed by atoms with Crippen molar-refractivity contribution in [2.45, 2.75) is 18.7 Å². The van der Waals surface area contributed by atoms with Crippen LogP contribution in [0.3, 0.4) is 0 Å². The molecule has 3 aromatic carbocycles. The molecular formula is C26H21FN2O4S. The second-order valence-corrected chi connectivity index (χ2v) is 8.52. The van der Waals surface area contributed by atoms with Crippen LogP contribution in [0.15, 0.2) is 88.3 Å². The highest BCUT2D eigenvalue weighted by Crippen LogP contribution is 2.38. The summed E-state index contributed by atoms with van der Waals surface area (Å²) in [5.41, 5.74) is 1.71. The molecule has 1 aliphatic heterocycles. The summed E-state index contributed by atoms with van der Waals surface area (Å²) < 4.78 is 19.3. The van der Waals surface area contributed by atoms with E-state index >= 15 is 0 Å². The molecule has 1 aliphatic rings. The Bertz CT molecular complexity index is 1290. The summed E-state index contributed by atoms with van der Waals surface area (Å²) in [5.74, 6) is -2.21. The highest BCUT2D eigenvalue weighted by Gasteiger charge is 2.40. The van der Waals surface area contributed by atoms with Crippen LogP contribution < -0.4 is 10.2 Å². The van der Waals surface area contributed by atoms with Crippen molar-refractivity contribution >= 4 is 40.9 Å². The molecule has 1 N–H and O–H groups in total. The maximum absolute atomic E-state index is 14.3. The monoisotopic (exact) mass is 476 g/mol. The zero-order chi connectivity index (χ0) is 24.2. The van der Waals surface area contributed by atoms with E-state index in [-0.39, 0.29) is 28.6 Å². The minimum Gasteiger partial charge on any atom is -0.462 e. The zero-order valence-corrected chi connectivity index (χ0v) is 19.3. The van der Waals surface area contributed by atoms with Gasteiger partial charge in [-0.2, -0.15) is 0 Å². The van der Waals surface area contributed by atoms with Crippen molar-refractivity contribution in [3.63, 3.8) is 0 Å².